The van der Waals surface area contributed by atoms with Gasteiger partial charge in [0.15, 0.2) is 10.6 Å². The zero-order valence-corrected chi connectivity index (χ0v) is 15.6. The van der Waals surface area contributed by atoms with Gasteiger partial charge < -0.3 is 4.42 Å². The van der Waals surface area contributed by atoms with Crippen LogP contribution in [0, 0.1) is 0 Å². The molecule has 0 unspecified atom stereocenters. The highest BCUT2D eigenvalue weighted by atomic mass is 79.9. The van der Waals surface area contributed by atoms with Crippen molar-refractivity contribution in [1.82, 2.24) is 14.4 Å². The lowest BCUT2D eigenvalue weighted by Crippen LogP contribution is -2.22. The molecule has 0 aliphatic rings. The van der Waals surface area contributed by atoms with E-state index in [4.69, 9.17) is 4.42 Å². The molecule has 0 amide bonds. The van der Waals surface area contributed by atoms with Gasteiger partial charge in [-0.15, -0.1) is 0 Å². The molecule has 0 atom stereocenters. The van der Waals surface area contributed by atoms with Gasteiger partial charge >= 0.3 is 0 Å². The number of pyridine rings is 1. The molecule has 0 saturated carbocycles. The molecule has 0 aliphatic carbocycles. The molecule has 0 radical (unpaired) electrons. The molecular formula is C19H10BrN3O2S. The molecule has 126 valence electrons. The maximum Gasteiger partial charge on any atom is 0.276 e. The standard InChI is InChI=1S/C19H10BrN3O2S/c20-12-8-14-17(21-10-12)23-18(24)16(26-19(23)22-14)9-13-6-7-15(25-13)11-4-2-1-3-5-11/h1-10H/b16-9-. The van der Waals surface area contributed by atoms with Gasteiger partial charge in [0, 0.05) is 22.3 Å². The Morgan fingerprint density at radius 3 is 2.85 bits per heavy atom. The lowest BCUT2D eigenvalue weighted by atomic mass is 10.2. The first kappa shape index (κ1) is 15.5. The second-order valence-electron chi connectivity index (χ2n) is 5.71. The molecule has 4 aromatic heterocycles. The Bertz CT molecular complexity index is 1370. The van der Waals surface area contributed by atoms with Crippen LogP contribution in [0.25, 0.3) is 33.5 Å². The normalized spacial score (nSPS) is 12.4. The number of hydrogen-bond acceptors (Lipinski definition) is 5. The number of halogens is 1. The summed E-state index contributed by atoms with van der Waals surface area (Å²) in [7, 11) is 0. The van der Waals surface area contributed by atoms with Crippen molar-refractivity contribution in [1.29, 1.82) is 0 Å². The summed E-state index contributed by atoms with van der Waals surface area (Å²) in [6.07, 6.45) is 3.41. The molecule has 0 fully saturated rings. The predicted molar refractivity (Wildman–Crippen MR) is 105 cm³/mol. The van der Waals surface area contributed by atoms with Gasteiger partial charge in [-0.25, -0.2) is 14.4 Å². The molecule has 0 N–H and O–H groups in total. The van der Waals surface area contributed by atoms with Crippen molar-refractivity contribution in [3.8, 4) is 11.3 Å². The zero-order chi connectivity index (χ0) is 17.7. The fourth-order valence-electron chi connectivity index (χ4n) is 2.83. The maximum absolute atomic E-state index is 12.8. The second-order valence-corrected chi connectivity index (χ2v) is 7.63. The first-order valence-corrected chi connectivity index (χ1v) is 9.43. The van der Waals surface area contributed by atoms with E-state index in [2.05, 4.69) is 25.9 Å². The van der Waals surface area contributed by atoms with Gasteiger partial charge in [0.05, 0.1) is 0 Å². The second kappa shape index (κ2) is 5.89. The minimum Gasteiger partial charge on any atom is -0.457 e. The van der Waals surface area contributed by atoms with Crippen LogP contribution in [0.5, 0.6) is 0 Å². The summed E-state index contributed by atoms with van der Waals surface area (Å²) < 4.78 is 8.80. The molecule has 5 rings (SSSR count). The van der Waals surface area contributed by atoms with Crippen LogP contribution in [-0.4, -0.2) is 14.4 Å². The van der Waals surface area contributed by atoms with E-state index >= 15 is 0 Å². The molecular weight excluding hydrogens is 414 g/mol. The topological polar surface area (TPSA) is 60.4 Å². The van der Waals surface area contributed by atoms with Crippen LogP contribution in [0.4, 0.5) is 0 Å². The number of hydrogen-bond donors (Lipinski definition) is 0. The third-order valence-electron chi connectivity index (χ3n) is 4.01. The molecule has 0 spiro atoms. The Labute approximate surface area is 159 Å². The highest BCUT2D eigenvalue weighted by Crippen LogP contribution is 2.22. The van der Waals surface area contributed by atoms with Gasteiger partial charge in [0.2, 0.25) is 0 Å². The summed E-state index contributed by atoms with van der Waals surface area (Å²) in [5, 5.41) is 0. The number of thiazole rings is 1. The van der Waals surface area contributed by atoms with Gasteiger partial charge in [-0.1, -0.05) is 41.7 Å². The zero-order valence-electron chi connectivity index (χ0n) is 13.2. The average Bonchev–Trinajstić information content (AvgIpc) is 3.32. The van der Waals surface area contributed by atoms with Gasteiger partial charge in [-0.2, -0.15) is 0 Å². The summed E-state index contributed by atoms with van der Waals surface area (Å²) in [5.74, 6) is 1.40. The van der Waals surface area contributed by atoms with Crippen molar-refractivity contribution in [2.24, 2.45) is 0 Å². The van der Waals surface area contributed by atoms with Crippen LogP contribution in [0.3, 0.4) is 0 Å². The summed E-state index contributed by atoms with van der Waals surface area (Å²) in [6, 6.07) is 15.5. The average molecular weight is 424 g/mol. The van der Waals surface area contributed by atoms with Crippen LogP contribution in [0.1, 0.15) is 5.76 Å². The number of furan rings is 1. The largest absolute Gasteiger partial charge is 0.457 e. The summed E-state index contributed by atoms with van der Waals surface area (Å²) >= 11 is 4.70. The van der Waals surface area contributed by atoms with E-state index in [0.717, 1.165) is 15.8 Å². The Kier molecular flexibility index (Phi) is 3.51. The van der Waals surface area contributed by atoms with E-state index < -0.39 is 0 Å². The molecule has 5 nitrogen and oxygen atoms in total. The highest BCUT2D eigenvalue weighted by molar-refractivity contribution is 9.10. The van der Waals surface area contributed by atoms with Crippen molar-refractivity contribution in [3.63, 3.8) is 0 Å². The third-order valence-corrected chi connectivity index (χ3v) is 5.41. The maximum atomic E-state index is 12.8. The number of imidazole rings is 1. The van der Waals surface area contributed by atoms with E-state index in [1.807, 2.05) is 48.5 Å². The third kappa shape index (κ3) is 2.48. The Balaban J connectivity index is 1.64. The number of aromatic nitrogens is 3. The van der Waals surface area contributed by atoms with Crippen LogP contribution in [-0.2, 0) is 0 Å². The van der Waals surface area contributed by atoms with Crippen LogP contribution >= 0.6 is 27.3 Å². The first-order chi connectivity index (χ1) is 12.7. The Hall–Kier alpha value is -2.77. The molecule has 1 aromatic carbocycles. The minimum atomic E-state index is -0.139. The summed E-state index contributed by atoms with van der Waals surface area (Å²) in [4.78, 5) is 22.2. The van der Waals surface area contributed by atoms with E-state index in [1.165, 1.54) is 11.3 Å². The van der Waals surface area contributed by atoms with Crippen LogP contribution in [0.15, 0.2) is 68.4 Å². The number of benzene rings is 1. The van der Waals surface area contributed by atoms with Crippen molar-refractivity contribution < 1.29 is 4.42 Å². The quantitative estimate of drug-likeness (QED) is 0.432. The Morgan fingerprint density at radius 1 is 1.15 bits per heavy atom. The number of nitrogens with zero attached hydrogens (tertiary/aromatic N) is 3. The lowest BCUT2D eigenvalue weighted by molar-refractivity contribution is 0.571. The van der Waals surface area contributed by atoms with Crippen LogP contribution in [0.2, 0.25) is 0 Å². The molecule has 5 aromatic rings. The molecule has 0 bridgehead atoms. The highest BCUT2D eigenvalue weighted by Gasteiger charge is 2.13. The van der Waals surface area contributed by atoms with E-state index in [-0.39, 0.29) is 5.56 Å². The molecule has 0 aliphatic heterocycles. The fourth-order valence-corrected chi connectivity index (χ4v) is 4.11. The fraction of sp³-hybridized carbons (Fsp3) is 0. The van der Waals surface area contributed by atoms with E-state index in [9.17, 15) is 4.79 Å². The minimum absolute atomic E-state index is 0.139. The molecule has 26 heavy (non-hydrogen) atoms. The SMILES string of the molecule is O=c1/c(=C/c2ccc(-c3ccccc3)o2)sc2nc3cc(Br)cnc3n12. The molecule has 7 heteroatoms. The monoisotopic (exact) mass is 423 g/mol. The lowest BCUT2D eigenvalue weighted by Gasteiger charge is -1.94. The molecule has 4 heterocycles. The smallest absolute Gasteiger partial charge is 0.276 e. The van der Waals surface area contributed by atoms with Gasteiger partial charge in [-0.3, -0.25) is 4.79 Å². The van der Waals surface area contributed by atoms with Gasteiger partial charge in [-0.05, 0) is 34.1 Å². The van der Waals surface area contributed by atoms with Crippen molar-refractivity contribution in [3.05, 3.63) is 79.8 Å². The van der Waals surface area contributed by atoms with Gasteiger partial charge in [0.25, 0.3) is 5.56 Å². The van der Waals surface area contributed by atoms with Crippen LogP contribution < -0.4 is 10.1 Å². The first-order valence-electron chi connectivity index (χ1n) is 7.82. The molecule has 0 saturated heterocycles. The van der Waals surface area contributed by atoms with E-state index in [1.54, 1.807) is 16.7 Å². The van der Waals surface area contributed by atoms with Gasteiger partial charge in [0.1, 0.15) is 21.6 Å². The van der Waals surface area contributed by atoms with Crippen molar-refractivity contribution in [2.75, 3.05) is 0 Å². The van der Waals surface area contributed by atoms with Crippen molar-refractivity contribution in [2.45, 2.75) is 0 Å². The number of fused-ring (bicyclic) bond motifs is 3. The summed E-state index contributed by atoms with van der Waals surface area (Å²) in [5.41, 5.74) is 2.11. The number of rotatable bonds is 2. The summed E-state index contributed by atoms with van der Waals surface area (Å²) in [6.45, 7) is 0. The Morgan fingerprint density at radius 2 is 2.00 bits per heavy atom. The predicted octanol–water partition coefficient (Wildman–Crippen LogP) is 3.87. The van der Waals surface area contributed by atoms with Crippen molar-refractivity contribution >= 4 is 49.5 Å². The van der Waals surface area contributed by atoms with E-state index in [0.29, 0.717) is 26.4 Å².